The lowest BCUT2D eigenvalue weighted by Gasteiger charge is -2.36. The van der Waals surface area contributed by atoms with E-state index in [0.717, 1.165) is 29.7 Å². The molecule has 2 fully saturated rings. The van der Waals surface area contributed by atoms with Crippen LogP contribution < -0.4 is 16.1 Å². The van der Waals surface area contributed by atoms with Crippen molar-refractivity contribution in [3.05, 3.63) is 64.1 Å². The predicted molar refractivity (Wildman–Crippen MR) is 118 cm³/mol. The third-order valence-electron chi connectivity index (χ3n) is 5.25. The lowest BCUT2D eigenvalue weighted by molar-refractivity contribution is 0.230. The molecule has 3 N–H and O–H groups in total. The van der Waals surface area contributed by atoms with Crippen LogP contribution in [0.2, 0.25) is 0 Å². The van der Waals surface area contributed by atoms with Crippen molar-refractivity contribution in [2.24, 2.45) is 10.8 Å². The molecule has 0 unspecified atom stereocenters. The fourth-order valence-corrected chi connectivity index (χ4v) is 4.74. The Labute approximate surface area is 173 Å². The molecular weight excluding hydrogens is 422 g/mol. The molecule has 0 amide bonds. The molecular formula is C20H22BrN5S. The molecule has 27 heavy (non-hydrogen) atoms. The lowest BCUT2D eigenvalue weighted by atomic mass is 10.1. The SMILES string of the molecule is NC(=S)N/N=C/c1ccc(N2C[C@@H]3C[C@H]2CN3Cc2ccccc2)c(Br)c1. The molecule has 4 rings (SSSR count). The fraction of sp³-hybridized carbons (Fsp3) is 0.300. The summed E-state index contributed by atoms with van der Waals surface area (Å²) in [4.78, 5) is 5.15. The van der Waals surface area contributed by atoms with Crippen LogP contribution in [-0.4, -0.2) is 41.4 Å². The highest BCUT2D eigenvalue weighted by Crippen LogP contribution is 2.38. The number of rotatable bonds is 5. The number of fused-ring (bicyclic) bond motifs is 2. The molecule has 2 aromatic rings. The smallest absolute Gasteiger partial charge is 0.184 e. The van der Waals surface area contributed by atoms with E-state index in [-0.39, 0.29) is 5.11 Å². The first-order valence-corrected chi connectivity index (χ1v) is 10.2. The Balaban J connectivity index is 1.41. The Morgan fingerprint density at radius 1 is 1.22 bits per heavy atom. The lowest BCUT2D eigenvalue weighted by Crippen LogP contribution is -2.46. The van der Waals surface area contributed by atoms with E-state index >= 15 is 0 Å². The van der Waals surface area contributed by atoms with Crippen molar-refractivity contribution in [1.29, 1.82) is 0 Å². The van der Waals surface area contributed by atoms with Gasteiger partial charge in [-0.1, -0.05) is 36.4 Å². The van der Waals surface area contributed by atoms with Gasteiger partial charge in [0.1, 0.15) is 0 Å². The van der Waals surface area contributed by atoms with Gasteiger partial charge in [-0.25, -0.2) is 0 Å². The molecule has 0 spiro atoms. The van der Waals surface area contributed by atoms with Crippen molar-refractivity contribution in [2.75, 3.05) is 18.0 Å². The van der Waals surface area contributed by atoms with E-state index < -0.39 is 0 Å². The van der Waals surface area contributed by atoms with Crippen LogP contribution in [0, 0.1) is 0 Å². The predicted octanol–water partition coefficient (Wildman–Crippen LogP) is 3.08. The van der Waals surface area contributed by atoms with Crippen LogP contribution in [0.1, 0.15) is 17.5 Å². The van der Waals surface area contributed by atoms with Crippen molar-refractivity contribution >= 4 is 45.2 Å². The number of hydrogen-bond donors (Lipinski definition) is 2. The van der Waals surface area contributed by atoms with Crippen LogP contribution in [0.5, 0.6) is 0 Å². The van der Waals surface area contributed by atoms with Crippen LogP contribution >= 0.6 is 28.1 Å². The van der Waals surface area contributed by atoms with Gasteiger partial charge in [-0.2, -0.15) is 5.10 Å². The average molecular weight is 444 g/mol. The second kappa shape index (κ2) is 7.96. The summed E-state index contributed by atoms with van der Waals surface area (Å²) in [6.07, 6.45) is 2.95. The summed E-state index contributed by atoms with van der Waals surface area (Å²) in [5, 5.41) is 4.18. The standard InChI is InChI=1S/C20H22BrN5S/c21-18-8-15(10-23-24-20(22)27)6-7-19(18)26-13-16-9-17(26)12-25(16)11-14-4-2-1-3-5-14/h1-8,10,16-17H,9,11-13H2,(H3,22,24,27)/b23-10+/t16-,17-/m0/s1. The number of anilines is 1. The van der Waals surface area contributed by atoms with E-state index in [9.17, 15) is 0 Å². The van der Waals surface area contributed by atoms with Crippen molar-refractivity contribution < 1.29 is 0 Å². The summed E-state index contributed by atoms with van der Waals surface area (Å²) in [5.41, 5.74) is 11.6. The highest BCUT2D eigenvalue weighted by molar-refractivity contribution is 9.10. The van der Waals surface area contributed by atoms with Crippen LogP contribution in [0.4, 0.5) is 5.69 Å². The zero-order valence-electron chi connectivity index (χ0n) is 14.9. The van der Waals surface area contributed by atoms with Crippen molar-refractivity contribution in [3.8, 4) is 0 Å². The molecule has 2 atom stereocenters. The van der Waals surface area contributed by atoms with Crippen molar-refractivity contribution in [2.45, 2.75) is 25.0 Å². The number of hydrazone groups is 1. The second-order valence-corrected chi connectivity index (χ2v) is 8.35. The number of piperazine rings is 1. The minimum atomic E-state index is 0.162. The molecule has 0 saturated carbocycles. The van der Waals surface area contributed by atoms with E-state index in [2.05, 4.69) is 84.8 Å². The van der Waals surface area contributed by atoms with Gasteiger partial charge in [0.2, 0.25) is 0 Å². The number of hydrogen-bond acceptors (Lipinski definition) is 4. The van der Waals surface area contributed by atoms with E-state index in [1.807, 2.05) is 0 Å². The Morgan fingerprint density at radius 3 is 2.70 bits per heavy atom. The summed E-state index contributed by atoms with van der Waals surface area (Å²) in [5.74, 6) is 0. The number of likely N-dealkylation sites (tertiary alicyclic amines) is 1. The quantitative estimate of drug-likeness (QED) is 0.422. The molecule has 2 heterocycles. The molecule has 2 aliphatic rings. The summed E-state index contributed by atoms with van der Waals surface area (Å²) >= 11 is 8.47. The monoisotopic (exact) mass is 443 g/mol. The van der Waals surface area contributed by atoms with Gasteiger partial charge in [0, 0.05) is 36.2 Å². The summed E-state index contributed by atoms with van der Waals surface area (Å²) in [7, 11) is 0. The largest absolute Gasteiger partial charge is 0.375 e. The number of halogens is 1. The Hall–Kier alpha value is -1.96. The van der Waals surface area contributed by atoms with Gasteiger partial charge in [0.05, 0.1) is 11.9 Å². The molecule has 140 valence electrons. The minimum Gasteiger partial charge on any atom is -0.375 e. The Kier molecular flexibility index (Phi) is 5.43. The third-order valence-corrected chi connectivity index (χ3v) is 5.98. The summed E-state index contributed by atoms with van der Waals surface area (Å²) < 4.78 is 1.09. The maximum absolute atomic E-state index is 5.37. The first-order chi connectivity index (χ1) is 13.1. The molecule has 2 aromatic carbocycles. The van der Waals surface area contributed by atoms with E-state index in [0.29, 0.717) is 12.1 Å². The third kappa shape index (κ3) is 4.15. The molecule has 0 radical (unpaired) electrons. The van der Waals surface area contributed by atoms with Crippen LogP contribution in [0.3, 0.4) is 0 Å². The zero-order valence-corrected chi connectivity index (χ0v) is 17.3. The van der Waals surface area contributed by atoms with E-state index in [4.69, 9.17) is 18.0 Å². The molecule has 2 aliphatic heterocycles. The number of nitrogens with zero attached hydrogens (tertiary/aromatic N) is 3. The van der Waals surface area contributed by atoms with Gasteiger partial charge in [-0.3, -0.25) is 10.3 Å². The number of nitrogens with two attached hydrogens (primary N) is 1. The molecule has 7 heteroatoms. The van der Waals surface area contributed by atoms with Crippen LogP contribution in [0.25, 0.3) is 0 Å². The number of benzene rings is 2. The van der Waals surface area contributed by atoms with Gasteiger partial charge in [0.25, 0.3) is 0 Å². The minimum absolute atomic E-state index is 0.162. The highest BCUT2D eigenvalue weighted by Gasteiger charge is 2.43. The average Bonchev–Trinajstić information content (AvgIpc) is 3.23. The maximum Gasteiger partial charge on any atom is 0.184 e. The zero-order chi connectivity index (χ0) is 18.8. The molecule has 2 saturated heterocycles. The molecule has 5 nitrogen and oxygen atoms in total. The number of nitrogens with one attached hydrogen (secondary N) is 1. The summed E-state index contributed by atoms with van der Waals surface area (Å²) in [6, 6.07) is 18.3. The summed E-state index contributed by atoms with van der Waals surface area (Å²) in [6.45, 7) is 3.24. The molecule has 0 aromatic heterocycles. The van der Waals surface area contributed by atoms with Crippen molar-refractivity contribution in [3.63, 3.8) is 0 Å². The van der Waals surface area contributed by atoms with Crippen LogP contribution in [0.15, 0.2) is 58.1 Å². The Morgan fingerprint density at radius 2 is 2.04 bits per heavy atom. The fourth-order valence-electron chi connectivity index (χ4n) is 4.06. The maximum atomic E-state index is 5.37. The van der Waals surface area contributed by atoms with Crippen LogP contribution in [-0.2, 0) is 6.54 Å². The normalized spacial score (nSPS) is 21.9. The van der Waals surface area contributed by atoms with E-state index in [1.165, 1.54) is 17.7 Å². The second-order valence-electron chi connectivity index (χ2n) is 7.06. The van der Waals surface area contributed by atoms with Crippen molar-refractivity contribution in [1.82, 2.24) is 10.3 Å². The first kappa shape index (κ1) is 18.4. The van der Waals surface area contributed by atoms with Gasteiger partial charge in [0.15, 0.2) is 5.11 Å². The van der Waals surface area contributed by atoms with Gasteiger partial charge < -0.3 is 10.6 Å². The van der Waals surface area contributed by atoms with Gasteiger partial charge >= 0.3 is 0 Å². The number of thiocarbonyl (C=S) groups is 1. The Bertz CT molecular complexity index is 857. The highest BCUT2D eigenvalue weighted by atomic mass is 79.9. The molecule has 0 aliphatic carbocycles. The first-order valence-electron chi connectivity index (χ1n) is 9.03. The van der Waals surface area contributed by atoms with Gasteiger partial charge in [-0.05, 0) is 57.8 Å². The molecule has 2 bridgehead atoms. The van der Waals surface area contributed by atoms with E-state index in [1.54, 1.807) is 6.21 Å². The topological polar surface area (TPSA) is 56.9 Å². The van der Waals surface area contributed by atoms with Gasteiger partial charge in [-0.15, -0.1) is 0 Å².